The Morgan fingerprint density at radius 3 is 2.50 bits per heavy atom. The van der Waals surface area contributed by atoms with Crippen molar-refractivity contribution in [3.8, 4) is 0 Å². The summed E-state index contributed by atoms with van der Waals surface area (Å²) in [6.45, 7) is 0. The third-order valence-electron chi connectivity index (χ3n) is 2.71. The molecular weight excluding hydrogens is 248 g/mol. The van der Waals surface area contributed by atoms with Crippen molar-refractivity contribution in [2.75, 3.05) is 0 Å². The molecule has 0 aliphatic rings. The lowest BCUT2D eigenvalue weighted by Crippen LogP contribution is -2.07. The van der Waals surface area contributed by atoms with Crippen molar-refractivity contribution in [1.29, 1.82) is 0 Å². The fourth-order valence-electron chi connectivity index (χ4n) is 1.75. The number of rotatable bonds is 4. The minimum atomic E-state index is -0.823. The van der Waals surface area contributed by atoms with Crippen molar-refractivity contribution < 1.29 is 9.90 Å². The van der Waals surface area contributed by atoms with Gasteiger partial charge in [-0.05, 0) is 17.7 Å². The van der Waals surface area contributed by atoms with E-state index >= 15 is 0 Å². The highest BCUT2D eigenvalue weighted by atomic mass is 35.5. The molecule has 0 bridgehead atoms. The summed E-state index contributed by atoms with van der Waals surface area (Å²) in [5.74, 6) is -0.0805. The number of hydrogen-bond acceptors (Lipinski definition) is 2. The Kier molecular flexibility index (Phi) is 4.13. The molecule has 0 aliphatic carbocycles. The number of Topliss-reactive ketones (excluding diaryl/α,β-unsaturated/α-hetero) is 1. The van der Waals surface area contributed by atoms with Crippen LogP contribution in [0.1, 0.15) is 28.4 Å². The zero-order chi connectivity index (χ0) is 13.0. The first-order valence-corrected chi connectivity index (χ1v) is 6.06. The van der Waals surface area contributed by atoms with Crippen LogP contribution in [-0.2, 0) is 0 Å². The molecule has 0 radical (unpaired) electrons. The Hall–Kier alpha value is -1.64. The Morgan fingerprint density at radius 1 is 1.11 bits per heavy atom. The van der Waals surface area contributed by atoms with E-state index in [4.69, 9.17) is 11.6 Å². The summed E-state index contributed by atoms with van der Waals surface area (Å²) in [5.41, 5.74) is 1.27. The molecule has 0 saturated heterocycles. The Balaban J connectivity index is 2.08. The number of halogens is 1. The van der Waals surface area contributed by atoms with Crippen molar-refractivity contribution >= 4 is 17.4 Å². The van der Waals surface area contributed by atoms with Crippen LogP contribution in [0.3, 0.4) is 0 Å². The van der Waals surface area contributed by atoms with Gasteiger partial charge in [0.2, 0.25) is 0 Å². The first-order valence-electron chi connectivity index (χ1n) is 5.68. The molecule has 0 saturated carbocycles. The number of carbonyl (C=O) groups is 1. The number of benzene rings is 2. The normalized spacial score (nSPS) is 12.1. The lowest BCUT2D eigenvalue weighted by molar-refractivity contribution is 0.0880. The third kappa shape index (κ3) is 3.19. The van der Waals surface area contributed by atoms with Gasteiger partial charge in [0.25, 0.3) is 0 Å². The molecule has 0 fully saturated rings. The van der Waals surface area contributed by atoms with Gasteiger partial charge >= 0.3 is 0 Å². The highest BCUT2D eigenvalue weighted by molar-refractivity contribution is 6.30. The number of hydrogen-bond donors (Lipinski definition) is 1. The lowest BCUT2D eigenvalue weighted by Gasteiger charge is -2.10. The van der Waals surface area contributed by atoms with E-state index in [1.54, 1.807) is 48.5 Å². The van der Waals surface area contributed by atoms with Crippen LogP contribution in [0.2, 0.25) is 5.02 Å². The third-order valence-corrected chi connectivity index (χ3v) is 2.94. The molecule has 1 N–H and O–H groups in total. The van der Waals surface area contributed by atoms with Crippen LogP contribution in [0.15, 0.2) is 54.6 Å². The van der Waals surface area contributed by atoms with E-state index < -0.39 is 6.10 Å². The summed E-state index contributed by atoms with van der Waals surface area (Å²) in [6.07, 6.45) is -0.763. The van der Waals surface area contributed by atoms with Crippen LogP contribution in [0.25, 0.3) is 0 Å². The van der Waals surface area contributed by atoms with Gasteiger partial charge in [-0.3, -0.25) is 4.79 Å². The summed E-state index contributed by atoms with van der Waals surface area (Å²) in [4.78, 5) is 11.9. The molecule has 0 heterocycles. The maximum atomic E-state index is 11.9. The monoisotopic (exact) mass is 260 g/mol. The maximum Gasteiger partial charge on any atom is 0.165 e. The molecule has 0 aliphatic heterocycles. The van der Waals surface area contributed by atoms with Gasteiger partial charge in [-0.2, -0.15) is 0 Å². The van der Waals surface area contributed by atoms with E-state index in [-0.39, 0.29) is 12.2 Å². The predicted molar refractivity (Wildman–Crippen MR) is 71.8 cm³/mol. The second-order valence-corrected chi connectivity index (χ2v) is 4.50. The molecule has 2 nitrogen and oxygen atoms in total. The molecule has 1 atom stereocenters. The number of carbonyl (C=O) groups excluding carboxylic acids is 1. The Morgan fingerprint density at radius 2 is 1.83 bits per heavy atom. The minimum absolute atomic E-state index is 0.0599. The number of ketones is 1. The highest BCUT2D eigenvalue weighted by Crippen LogP contribution is 2.21. The van der Waals surface area contributed by atoms with Crippen molar-refractivity contribution in [3.63, 3.8) is 0 Å². The Bertz CT molecular complexity index is 537. The number of aliphatic hydroxyl groups excluding tert-OH is 1. The predicted octanol–water partition coefficient (Wildman–Crippen LogP) is 3.65. The highest BCUT2D eigenvalue weighted by Gasteiger charge is 2.14. The summed E-state index contributed by atoms with van der Waals surface area (Å²) in [5, 5.41) is 10.6. The van der Waals surface area contributed by atoms with E-state index in [0.29, 0.717) is 16.1 Å². The first kappa shape index (κ1) is 12.8. The SMILES string of the molecule is O=C(CC(O)c1cccc(Cl)c1)c1ccccc1. The van der Waals surface area contributed by atoms with Crippen LogP contribution in [0, 0.1) is 0 Å². The second-order valence-electron chi connectivity index (χ2n) is 4.06. The lowest BCUT2D eigenvalue weighted by atomic mass is 10.0. The van der Waals surface area contributed by atoms with Gasteiger partial charge in [0, 0.05) is 17.0 Å². The van der Waals surface area contributed by atoms with Crippen molar-refractivity contribution in [1.82, 2.24) is 0 Å². The molecule has 0 amide bonds. The van der Waals surface area contributed by atoms with E-state index in [9.17, 15) is 9.90 Å². The molecule has 0 aromatic heterocycles. The topological polar surface area (TPSA) is 37.3 Å². The van der Waals surface area contributed by atoms with Gasteiger partial charge in [0.15, 0.2) is 5.78 Å². The molecule has 2 rings (SSSR count). The van der Waals surface area contributed by atoms with Gasteiger partial charge < -0.3 is 5.11 Å². The largest absolute Gasteiger partial charge is 0.388 e. The number of aliphatic hydroxyl groups is 1. The summed E-state index contributed by atoms with van der Waals surface area (Å²) in [6, 6.07) is 15.9. The summed E-state index contributed by atoms with van der Waals surface area (Å²) < 4.78 is 0. The van der Waals surface area contributed by atoms with Crippen LogP contribution < -0.4 is 0 Å². The fraction of sp³-hybridized carbons (Fsp3) is 0.133. The molecule has 0 spiro atoms. The van der Waals surface area contributed by atoms with Gasteiger partial charge in [0.05, 0.1) is 6.10 Å². The first-order chi connectivity index (χ1) is 8.66. The molecule has 2 aromatic rings. The van der Waals surface area contributed by atoms with Crippen molar-refractivity contribution in [2.24, 2.45) is 0 Å². The zero-order valence-corrected chi connectivity index (χ0v) is 10.5. The standard InChI is InChI=1S/C15H13ClO2/c16-13-8-4-7-12(9-13)15(18)10-14(17)11-5-2-1-3-6-11/h1-9,15,18H,10H2. The van der Waals surface area contributed by atoms with Gasteiger partial charge in [-0.1, -0.05) is 54.1 Å². The quantitative estimate of drug-likeness (QED) is 0.852. The molecule has 3 heteroatoms. The summed E-state index contributed by atoms with van der Waals surface area (Å²) >= 11 is 5.85. The van der Waals surface area contributed by atoms with Crippen LogP contribution in [0.4, 0.5) is 0 Å². The van der Waals surface area contributed by atoms with Gasteiger partial charge in [-0.25, -0.2) is 0 Å². The van der Waals surface area contributed by atoms with E-state index in [1.807, 2.05) is 6.07 Å². The average molecular weight is 261 g/mol. The molecule has 1 unspecified atom stereocenters. The molecular formula is C15H13ClO2. The minimum Gasteiger partial charge on any atom is -0.388 e. The summed E-state index contributed by atoms with van der Waals surface area (Å²) in [7, 11) is 0. The van der Waals surface area contributed by atoms with Crippen molar-refractivity contribution in [3.05, 3.63) is 70.7 Å². The maximum absolute atomic E-state index is 11.9. The van der Waals surface area contributed by atoms with Crippen molar-refractivity contribution in [2.45, 2.75) is 12.5 Å². The Labute approximate surface area is 111 Å². The smallest absolute Gasteiger partial charge is 0.165 e. The molecule has 2 aromatic carbocycles. The van der Waals surface area contributed by atoms with Gasteiger partial charge in [0.1, 0.15) is 0 Å². The van der Waals surface area contributed by atoms with Crippen LogP contribution in [0.5, 0.6) is 0 Å². The second kappa shape index (κ2) is 5.80. The molecule has 92 valence electrons. The zero-order valence-electron chi connectivity index (χ0n) is 9.71. The van der Waals surface area contributed by atoms with Gasteiger partial charge in [-0.15, -0.1) is 0 Å². The van der Waals surface area contributed by atoms with E-state index in [0.717, 1.165) is 0 Å². The van der Waals surface area contributed by atoms with Crippen LogP contribution >= 0.6 is 11.6 Å². The van der Waals surface area contributed by atoms with E-state index in [1.165, 1.54) is 0 Å². The average Bonchev–Trinajstić information content (AvgIpc) is 2.39. The molecule has 18 heavy (non-hydrogen) atoms. The fourth-order valence-corrected chi connectivity index (χ4v) is 1.95. The van der Waals surface area contributed by atoms with E-state index in [2.05, 4.69) is 0 Å². The van der Waals surface area contributed by atoms with Crippen LogP contribution in [-0.4, -0.2) is 10.9 Å².